The highest BCUT2D eigenvalue weighted by molar-refractivity contribution is 7.98. The van der Waals surface area contributed by atoms with Crippen LogP contribution < -0.4 is 5.32 Å². The van der Waals surface area contributed by atoms with Gasteiger partial charge in [-0.05, 0) is 30.9 Å². The molecule has 4 rings (SSSR count). The average molecular weight is 421 g/mol. The molecule has 0 fully saturated rings. The van der Waals surface area contributed by atoms with E-state index >= 15 is 0 Å². The van der Waals surface area contributed by atoms with Crippen LogP contribution in [-0.4, -0.2) is 26.7 Å². The Labute approximate surface area is 177 Å². The number of nitrogens with one attached hydrogen (secondary N) is 1. The van der Waals surface area contributed by atoms with Gasteiger partial charge in [0.1, 0.15) is 0 Å². The van der Waals surface area contributed by atoms with Gasteiger partial charge in [0, 0.05) is 35.5 Å². The maximum atomic E-state index is 12.9. The Morgan fingerprint density at radius 3 is 2.66 bits per heavy atom. The van der Waals surface area contributed by atoms with Gasteiger partial charge in [-0.15, -0.1) is 11.8 Å². The summed E-state index contributed by atoms with van der Waals surface area (Å²) in [7, 11) is 1.95. The number of hydrogen-bond donors (Lipinski definition) is 1. The number of amides is 1. The summed E-state index contributed by atoms with van der Waals surface area (Å²) in [5.41, 5.74) is 3.40. The van der Waals surface area contributed by atoms with E-state index in [1.165, 1.54) is 11.3 Å². The molecule has 0 saturated carbocycles. The van der Waals surface area contributed by atoms with Gasteiger partial charge >= 0.3 is 0 Å². The summed E-state index contributed by atoms with van der Waals surface area (Å²) >= 11 is 3.05. The Bertz CT molecular complexity index is 1160. The van der Waals surface area contributed by atoms with Crippen molar-refractivity contribution in [2.45, 2.75) is 11.8 Å². The van der Waals surface area contributed by atoms with Crippen molar-refractivity contribution in [3.05, 3.63) is 72.1 Å². The van der Waals surface area contributed by atoms with Crippen molar-refractivity contribution in [3.8, 4) is 22.0 Å². The SMILES string of the molecule is CSc1ccc(C)c(C(=O)Nc2nc(-c3ccccc3)c(-c3nccn3C)s2)c1. The second-order valence-electron chi connectivity index (χ2n) is 6.56. The molecule has 0 aliphatic carbocycles. The molecule has 7 heteroatoms. The number of carbonyl (C=O) groups excluding carboxylic acids is 1. The van der Waals surface area contributed by atoms with Gasteiger partial charge in [0.15, 0.2) is 11.0 Å². The van der Waals surface area contributed by atoms with E-state index < -0.39 is 0 Å². The fraction of sp³-hybridized carbons (Fsp3) is 0.136. The lowest BCUT2D eigenvalue weighted by atomic mass is 10.1. The maximum absolute atomic E-state index is 12.9. The van der Waals surface area contributed by atoms with Crippen LogP contribution in [0.1, 0.15) is 15.9 Å². The molecule has 0 spiro atoms. The van der Waals surface area contributed by atoms with Gasteiger partial charge in [-0.1, -0.05) is 47.7 Å². The Morgan fingerprint density at radius 1 is 1.17 bits per heavy atom. The van der Waals surface area contributed by atoms with Crippen LogP contribution in [0.4, 0.5) is 5.13 Å². The van der Waals surface area contributed by atoms with Gasteiger partial charge in [-0.2, -0.15) is 0 Å². The maximum Gasteiger partial charge on any atom is 0.257 e. The van der Waals surface area contributed by atoms with Crippen LogP contribution in [0.5, 0.6) is 0 Å². The molecule has 4 aromatic rings. The lowest BCUT2D eigenvalue weighted by Gasteiger charge is -2.07. The first-order valence-corrected chi connectivity index (χ1v) is 11.1. The number of thiazole rings is 1. The summed E-state index contributed by atoms with van der Waals surface area (Å²) in [4.78, 5) is 24.1. The molecule has 0 bridgehead atoms. The monoisotopic (exact) mass is 420 g/mol. The number of thioether (sulfide) groups is 1. The van der Waals surface area contributed by atoms with Crippen molar-refractivity contribution in [2.75, 3.05) is 11.6 Å². The topological polar surface area (TPSA) is 59.8 Å². The second kappa shape index (κ2) is 8.23. The Hall–Kier alpha value is -2.90. The summed E-state index contributed by atoms with van der Waals surface area (Å²) in [6.07, 6.45) is 5.66. The minimum Gasteiger partial charge on any atom is -0.333 e. The van der Waals surface area contributed by atoms with E-state index in [0.717, 1.165) is 32.4 Å². The molecule has 0 radical (unpaired) electrons. The molecule has 1 N–H and O–H groups in total. The summed E-state index contributed by atoms with van der Waals surface area (Å²) in [5, 5.41) is 3.54. The predicted molar refractivity (Wildman–Crippen MR) is 121 cm³/mol. The quantitative estimate of drug-likeness (QED) is 0.434. The largest absolute Gasteiger partial charge is 0.333 e. The first-order valence-electron chi connectivity index (χ1n) is 9.06. The van der Waals surface area contributed by atoms with Gasteiger partial charge in [0.2, 0.25) is 0 Å². The van der Waals surface area contributed by atoms with Crippen LogP contribution in [0.25, 0.3) is 22.0 Å². The van der Waals surface area contributed by atoms with Gasteiger partial charge in [-0.25, -0.2) is 9.97 Å². The fourth-order valence-corrected chi connectivity index (χ4v) is 4.50. The van der Waals surface area contributed by atoms with Gasteiger partial charge in [0.25, 0.3) is 5.91 Å². The third kappa shape index (κ3) is 3.97. The third-order valence-corrected chi connectivity index (χ3v) is 6.30. The number of carbonyl (C=O) groups is 1. The molecule has 0 atom stereocenters. The van der Waals surface area contributed by atoms with Gasteiger partial charge in [0.05, 0.1) is 10.6 Å². The fourth-order valence-electron chi connectivity index (χ4n) is 3.04. The summed E-state index contributed by atoms with van der Waals surface area (Å²) in [6.45, 7) is 1.94. The standard InChI is InChI=1S/C22H20N4OS2/c1-14-9-10-16(28-3)13-17(14)21(27)25-22-24-18(15-7-5-4-6-8-15)19(29-22)20-23-11-12-26(20)2/h4-13H,1-3H3,(H,24,25,27). The van der Waals surface area contributed by atoms with Crippen molar-refractivity contribution in [3.63, 3.8) is 0 Å². The zero-order chi connectivity index (χ0) is 20.4. The lowest BCUT2D eigenvalue weighted by Crippen LogP contribution is -2.13. The van der Waals surface area contributed by atoms with Crippen LogP contribution in [0, 0.1) is 6.92 Å². The molecule has 29 heavy (non-hydrogen) atoms. The molecular formula is C22H20N4OS2. The van der Waals surface area contributed by atoms with Crippen molar-refractivity contribution in [1.82, 2.24) is 14.5 Å². The van der Waals surface area contributed by atoms with Crippen LogP contribution in [-0.2, 0) is 7.05 Å². The van der Waals surface area contributed by atoms with Crippen LogP contribution >= 0.6 is 23.1 Å². The Kier molecular flexibility index (Phi) is 5.51. The summed E-state index contributed by atoms with van der Waals surface area (Å²) in [5.74, 6) is 0.667. The summed E-state index contributed by atoms with van der Waals surface area (Å²) < 4.78 is 1.96. The minimum atomic E-state index is -0.154. The van der Waals surface area contributed by atoms with E-state index in [-0.39, 0.29) is 5.91 Å². The van der Waals surface area contributed by atoms with Crippen LogP contribution in [0.15, 0.2) is 65.8 Å². The number of nitrogens with zero attached hydrogens (tertiary/aromatic N) is 3. The smallest absolute Gasteiger partial charge is 0.257 e. The highest BCUT2D eigenvalue weighted by Crippen LogP contribution is 2.38. The van der Waals surface area contributed by atoms with E-state index in [1.54, 1.807) is 18.0 Å². The first-order chi connectivity index (χ1) is 14.1. The number of hydrogen-bond acceptors (Lipinski definition) is 5. The molecule has 146 valence electrons. The normalized spacial score (nSPS) is 10.9. The van der Waals surface area contributed by atoms with E-state index in [1.807, 2.05) is 79.5 Å². The minimum absolute atomic E-state index is 0.154. The molecule has 0 saturated heterocycles. The van der Waals surface area contributed by atoms with E-state index in [0.29, 0.717) is 10.7 Å². The molecule has 2 aromatic carbocycles. The molecule has 1 amide bonds. The molecule has 5 nitrogen and oxygen atoms in total. The molecule has 0 aliphatic rings. The molecule has 0 aliphatic heterocycles. The number of rotatable bonds is 5. The predicted octanol–water partition coefficient (Wildman–Crippen LogP) is 5.49. The number of aryl methyl sites for hydroxylation is 2. The second-order valence-corrected chi connectivity index (χ2v) is 8.44. The Morgan fingerprint density at radius 2 is 1.97 bits per heavy atom. The number of aromatic nitrogens is 3. The van der Waals surface area contributed by atoms with Crippen molar-refractivity contribution < 1.29 is 4.79 Å². The van der Waals surface area contributed by atoms with Crippen LogP contribution in [0.2, 0.25) is 0 Å². The van der Waals surface area contributed by atoms with E-state index in [2.05, 4.69) is 10.3 Å². The highest BCUT2D eigenvalue weighted by atomic mass is 32.2. The Balaban J connectivity index is 1.73. The lowest BCUT2D eigenvalue weighted by molar-refractivity contribution is 0.102. The van der Waals surface area contributed by atoms with E-state index in [9.17, 15) is 4.79 Å². The van der Waals surface area contributed by atoms with Crippen molar-refractivity contribution in [2.24, 2.45) is 7.05 Å². The molecule has 2 heterocycles. The van der Waals surface area contributed by atoms with E-state index in [4.69, 9.17) is 4.98 Å². The number of anilines is 1. The summed E-state index contributed by atoms with van der Waals surface area (Å²) in [6, 6.07) is 15.9. The average Bonchev–Trinajstić information content (AvgIpc) is 3.34. The zero-order valence-electron chi connectivity index (χ0n) is 16.3. The number of imidazole rings is 1. The third-order valence-electron chi connectivity index (χ3n) is 4.61. The molecule has 2 aromatic heterocycles. The van der Waals surface area contributed by atoms with Crippen molar-refractivity contribution in [1.29, 1.82) is 0 Å². The first kappa shape index (κ1) is 19.4. The molecular weight excluding hydrogens is 400 g/mol. The van der Waals surface area contributed by atoms with Gasteiger partial charge < -0.3 is 4.57 Å². The number of benzene rings is 2. The highest BCUT2D eigenvalue weighted by Gasteiger charge is 2.20. The van der Waals surface area contributed by atoms with Gasteiger partial charge in [-0.3, -0.25) is 10.1 Å². The zero-order valence-corrected chi connectivity index (χ0v) is 18.0. The van der Waals surface area contributed by atoms with Crippen LogP contribution in [0.3, 0.4) is 0 Å². The van der Waals surface area contributed by atoms with Crippen molar-refractivity contribution >= 4 is 34.1 Å². The molecule has 0 unspecified atom stereocenters.